The van der Waals surface area contributed by atoms with E-state index in [-0.39, 0.29) is 18.0 Å². The highest BCUT2D eigenvalue weighted by Gasteiger charge is 2.22. The van der Waals surface area contributed by atoms with Crippen molar-refractivity contribution in [3.63, 3.8) is 0 Å². The molecule has 0 fully saturated rings. The Hall–Kier alpha value is -2.58. The van der Waals surface area contributed by atoms with Gasteiger partial charge in [-0.3, -0.25) is 14.8 Å². The third-order valence-corrected chi connectivity index (χ3v) is 2.25. The Morgan fingerprint density at radius 1 is 1.53 bits per heavy atom. The number of nitrogens with one attached hydrogen (secondary N) is 1. The Balaban J connectivity index is 2.91. The lowest BCUT2D eigenvalue weighted by molar-refractivity contribution is -0.122. The minimum Gasteiger partial charge on any atom is -0.461 e. The van der Waals surface area contributed by atoms with Crippen molar-refractivity contribution in [1.82, 2.24) is 15.1 Å². The van der Waals surface area contributed by atoms with E-state index < -0.39 is 23.9 Å². The van der Waals surface area contributed by atoms with E-state index in [4.69, 9.17) is 16.2 Å². The van der Waals surface area contributed by atoms with Gasteiger partial charge in [0.05, 0.1) is 12.3 Å². The van der Waals surface area contributed by atoms with Gasteiger partial charge in [-0.1, -0.05) is 0 Å². The molecule has 104 valence electrons. The summed E-state index contributed by atoms with van der Waals surface area (Å²) >= 11 is 0. The molecular formula is C10H15N5O4. The van der Waals surface area contributed by atoms with E-state index in [1.165, 1.54) is 13.1 Å². The van der Waals surface area contributed by atoms with Gasteiger partial charge in [0, 0.05) is 6.20 Å². The molecule has 0 aromatic carbocycles. The summed E-state index contributed by atoms with van der Waals surface area (Å²) in [5.74, 6) is -1.34. The molecule has 0 bridgehead atoms. The molecule has 0 saturated carbocycles. The number of hydrogen-bond donors (Lipinski definition) is 3. The van der Waals surface area contributed by atoms with Crippen molar-refractivity contribution in [3.05, 3.63) is 11.9 Å². The van der Waals surface area contributed by atoms with E-state index in [1.54, 1.807) is 6.92 Å². The normalized spacial score (nSPS) is 11.7. The van der Waals surface area contributed by atoms with E-state index in [0.717, 1.165) is 4.68 Å². The van der Waals surface area contributed by atoms with Gasteiger partial charge in [-0.15, -0.1) is 0 Å². The summed E-state index contributed by atoms with van der Waals surface area (Å²) in [7, 11) is 0. The number of rotatable bonds is 4. The lowest BCUT2D eigenvalue weighted by atomic mass is 10.3. The standard InChI is InChI=1S/C10H15N5O4/c1-3-19-9(17)7-6(11)4-15(14-7)5(2)8(16)13-10(12)18/h4-5H,3,11H2,1-2H3,(H3,12,13,16,18). The second kappa shape index (κ2) is 5.85. The number of amides is 3. The summed E-state index contributed by atoms with van der Waals surface area (Å²) < 4.78 is 5.91. The molecule has 19 heavy (non-hydrogen) atoms. The Bertz CT molecular complexity index is 510. The zero-order valence-corrected chi connectivity index (χ0v) is 10.5. The maximum absolute atomic E-state index is 11.5. The summed E-state index contributed by atoms with van der Waals surface area (Å²) in [5.41, 5.74) is 10.4. The zero-order valence-electron chi connectivity index (χ0n) is 10.5. The van der Waals surface area contributed by atoms with Crippen LogP contribution in [0.1, 0.15) is 30.4 Å². The number of hydrogen-bond acceptors (Lipinski definition) is 6. The predicted molar refractivity (Wildman–Crippen MR) is 65.0 cm³/mol. The fourth-order valence-electron chi connectivity index (χ4n) is 1.31. The molecule has 1 rings (SSSR count). The van der Waals surface area contributed by atoms with E-state index >= 15 is 0 Å². The SMILES string of the molecule is CCOC(=O)c1nn(C(C)C(=O)NC(N)=O)cc1N. The van der Waals surface area contributed by atoms with Crippen LogP contribution in [-0.4, -0.2) is 34.3 Å². The van der Waals surface area contributed by atoms with Crippen LogP contribution in [0.3, 0.4) is 0 Å². The third-order valence-electron chi connectivity index (χ3n) is 2.25. The van der Waals surface area contributed by atoms with Crippen LogP contribution in [0.5, 0.6) is 0 Å². The zero-order chi connectivity index (χ0) is 14.6. The number of nitrogens with two attached hydrogens (primary N) is 2. The third kappa shape index (κ3) is 3.44. The van der Waals surface area contributed by atoms with Gasteiger partial charge in [0.15, 0.2) is 5.69 Å². The first-order valence-corrected chi connectivity index (χ1v) is 5.48. The molecule has 1 aromatic heterocycles. The van der Waals surface area contributed by atoms with Gasteiger partial charge in [0.2, 0.25) is 0 Å². The Morgan fingerprint density at radius 2 is 2.16 bits per heavy atom. The van der Waals surface area contributed by atoms with E-state index in [9.17, 15) is 14.4 Å². The van der Waals surface area contributed by atoms with Gasteiger partial charge in [-0.2, -0.15) is 5.10 Å². The number of carbonyl (C=O) groups excluding carboxylic acids is 3. The maximum atomic E-state index is 11.5. The first-order chi connectivity index (χ1) is 8.86. The largest absolute Gasteiger partial charge is 0.461 e. The first-order valence-electron chi connectivity index (χ1n) is 5.48. The molecule has 0 aliphatic carbocycles. The highest BCUT2D eigenvalue weighted by atomic mass is 16.5. The minimum atomic E-state index is -0.970. The molecule has 1 atom stereocenters. The van der Waals surface area contributed by atoms with Gasteiger partial charge in [-0.25, -0.2) is 9.59 Å². The average Bonchev–Trinajstić information content (AvgIpc) is 2.69. The van der Waals surface area contributed by atoms with Crippen molar-refractivity contribution in [1.29, 1.82) is 0 Å². The molecule has 1 heterocycles. The van der Waals surface area contributed by atoms with Gasteiger partial charge in [0.25, 0.3) is 5.91 Å². The maximum Gasteiger partial charge on any atom is 0.361 e. The number of primary amides is 1. The number of nitrogens with zero attached hydrogens (tertiary/aromatic N) is 2. The molecule has 0 radical (unpaired) electrons. The van der Waals surface area contributed by atoms with Crippen LogP contribution >= 0.6 is 0 Å². The number of carbonyl (C=O) groups is 3. The number of aromatic nitrogens is 2. The molecular weight excluding hydrogens is 254 g/mol. The van der Waals surface area contributed by atoms with Crippen LogP contribution in [0.15, 0.2) is 6.20 Å². The van der Waals surface area contributed by atoms with Gasteiger partial charge >= 0.3 is 12.0 Å². The molecule has 0 saturated heterocycles. The average molecular weight is 269 g/mol. The molecule has 1 aromatic rings. The monoisotopic (exact) mass is 269 g/mol. The number of anilines is 1. The van der Waals surface area contributed by atoms with Crippen molar-refractivity contribution in [2.45, 2.75) is 19.9 Å². The smallest absolute Gasteiger partial charge is 0.361 e. The summed E-state index contributed by atoms with van der Waals surface area (Å²) in [6, 6.07) is -1.82. The van der Waals surface area contributed by atoms with Crippen molar-refractivity contribution in [2.75, 3.05) is 12.3 Å². The second-order valence-corrected chi connectivity index (χ2v) is 3.66. The summed E-state index contributed by atoms with van der Waals surface area (Å²) in [6.45, 7) is 3.30. The van der Waals surface area contributed by atoms with Gasteiger partial charge < -0.3 is 16.2 Å². The first kappa shape index (κ1) is 14.5. The summed E-state index contributed by atoms with van der Waals surface area (Å²) in [6.07, 6.45) is 1.30. The fourth-order valence-corrected chi connectivity index (χ4v) is 1.31. The van der Waals surface area contributed by atoms with Crippen LogP contribution < -0.4 is 16.8 Å². The van der Waals surface area contributed by atoms with Crippen LogP contribution in [0.2, 0.25) is 0 Å². The second-order valence-electron chi connectivity index (χ2n) is 3.66. The van der Waals surface area contributed by atoms with Crippen LogP contribution in [0.25, 0.3) is 0 Å². The van der Waals surface area contributed by atoms with E-state index in [1.807, 2.05) is 5.32 Å². The topological polar surface area (TPSA) is 142 Å². The van der Waals surface area contributed by atoms with E-state index in [2.05, 4.69) is 5.10 Å². The van der Waals surface area contributed by atoms with Crippen LogP contribution in [0.4, 0.5) is 10.5 Å². The molecule has 5 N–H and O–H groups in total. The molecule has 0 aliphatic rings. The van der Waals surface area contributed by atoms with Crippen molar-refractivity contribution < 1.29 is 19.1 Å². The Kier molecular flexibility index (Phi) is 4.46. The number of ether oxygens (including phenoxy) is 1. The van der Waals surface area contributed by atoms with E-state index in [0.29, 0.717) is 0 Å². The molecule has 0 aliphatic heterocycles. The highest BCUT2D eigenvalue weighted by Crippen LogP contribution is 2.14. The molecule has 0 spiro atoms. The van der Waals surface area contributed by atoms with Gasteiger partial charge in [-0.05, 0) is 13.8 Å². The summed E-state index contributed by atoms with van der Waals surface area (Å²) in [4.78, 5) is 33.6. The van der Waals surface area contributed by atoms with Crippen LogP contribution in [0, 0.1) is 0 Å². The van der Waals surface area contributed by atoms with Crippen molar-refractivity contribution in [2.24, 2.45) is 5.73 Å². The Morgan fingerprint density at radius 3 is 2.68 bits per heavy atom. The van der Waals surface area contributed by atoms with Gasteiger partial charge in [0.1, 0.15) is 6.04 Å². The molecule has 9 nitrogen and oxygen atoms in total. The lowest BCUT2D eigenvalue weighted by Crippen LogP contribution is -2.39. The van der Waals surface area contributed by atoms with Crippen molar-refractivity contribution >= 4 is 23.6 Å². The Labute approximate surface area is 108 Å². The number of imide groups is 1. The highest BCUT2D eigenvalue weighted by molar-refractivity contribution is 5.96. The van der Waals surface area contributed by atoms with Crippen molar-refractivity contribution in [3.8, 4) is 0 Å². The number of nitrogen functional groups attached to an aromatic ring is 1. The molecule has 3 amide bonds. The number of urea groups is 1. The number of esters is 1. The molecule has 1 unspecified atom stereocenters. The lowest BCUT2D eigenvalue weighted by Gasteiger charge is -2.10. The molecule has 9 heteroatoms. The quantitative estimate of drug-likeness (QED) is 0.623. The summed E-state index contributed by atoms with van der Waals surface area (Å²) in [5, 5.41) is 5.77. The fraction of sp³-hybridized carbons (Fsp3) is 0.400. The van der Waals surface area contributed by atoms with Crippen LogP contribution in [-0.2, 0) is 9.53 Å². The predicted octanol–water partition coefficient (Wildman–Crippen LogP) is -0.602. The minimum absolute atomic E-state index is 0.0807.